The normalized spacial score (nSPS) is 14.2. The standard InChI is InChI=1S/C22H24FNO4/c1-15-4-12-19(13-5-15)27-14-2-3-20(25)28-21(22(26)24-18-10-11-18)16-6-8-17(23)9-7-16/h4-9,12-13,18,21H,2-3,10-11,14H2,1H3,(H,24,26). The first-order valence-corrected chi connectivity index (χ1v) is 9.46. The quantitative estimate of drug-likeness (QED) is 0.526. The van der Waals surface area contributed by atoms with Gasteiger partial charge in [-0.05, 0) is 50.5 Å². The SMILES string of the molecule is Cc1ccc(OCCCC(=O)OC(C(=O)NC2CC2)c2ccc(F)cc2)cc1. The lowest BCUT2D eigenvalue weighted by molar-refractivity contribution is -0.156. The lowest BCUT2D eigenvalue weighted by Gasteiger charge is -2.18. The molecule has 0 saturated heterocycles. The first kappa shape index (κ1) is 19.9. The highest BCUT2D eigenvalue weighted by atomic mass is 19.1. The van der Waals surface area contributed by atoms with Crippen molar-refractivity contribution in [1.29, 1.82) is 0 Å². The summed E-state index contributed by atoms with van der Waals surface area (Å²) in [5, 5.41) is 2.83. The van der Waals surface area contributed by atoms with Gasteiger partial charge in [0.1, 0.15) is 11.6 Å². The third-order valence-electron chi connectivity index (χ3n) is 4.40. The number of hydrogen-bond donors (Lipinski definition) is 1. The molecular formula is C22H24FNO4. The van der Waals surface area contributed by atoms with E-state index in [-0.39, 0.29) is 18.4 Å². The molecule has 3 rings (SSSR count). The minimum Gasteiger partial charge on any atom is -0.494 e. The van der Waals surface area contributed by atoms with Crippen LogP contribution in [-0.4, -0.2) is 24.5 Å². The van der Waals surface area contributed by atoms with Gasteiger partial charge in [0.15, 0.2) is 0 Å². The van der Waals surface area contributed by atoms with Crippen molar-refractivity contribution in [2.24, 2.45) is 0 Å². The maximum atomic E-state index is 13.2. The molecule has 0 radical (unpaired) electrons. The van der Waals surface area contributed by atoms with Crippen molar-refractivity contribution >= 4 is 11.9 Å². The van der Waals surface area contributed by atoms with Crippen molar-refractivity contribution < 1.29 is 23.5 Å². The molecule has 1 aliphatic rings. The number of carbonyl (C=O) groups excluding carboxylic acids is 2. The molecule has 28 heavy (non-hydrogen) atoms. The van der Waals surface area contributed by atoms with E-state index < -0.39 is 17.9 Å². The van der Waals surface area contributed by atoms with Crippen LogP contribution in [0.5, 0.6) is 5.75 Å². The molecule has 1 N–H and O–H groups in total. The first-order valence-electron chi connectivity index (χ1n) is 9.46. The highest BCUT2D eigenvalue weighted by Gasteiger charge is 2.30. The topological polar surface area (TPSA) is 64.6 Å². The molecule has 1 aliphatic carbocycles. The van der Waals surface area contributed by atoms with Crippen LogP contribution in [0.25, 0.3) is 0 Å². The minimum absolute atomic E-state index is 0.125. The zero-order chi connectivity index (χ0) is 19.9. The van der Waals surface area contributed by atoms with E-state index in [0.29, 0.717) is 18.6 Å². The summed E-state index contributed by atoms with van der Waals surface area (Å²) >= 11 is 0. The van der Waals surface area contributed by atoms with Gasteiger partial charge in [-0.2, -0.15) is 0 Å². The van der Waals surface area contributed by atoms with Crippen molar-refractivity contribution in [2.45, 2.75) is 44.8 Å². The molecule has 2 aromatic carbocycles. The number of aryl methyl sites for hydroxylation is 1. The van der Waals surface area contributed by atoms with Gasteiger partial charge in [0, 0.05) is 18.0 Å². The van der Waals surface area contributed by atoms with E-state index >= 15 is 0 Å². The minimum atomic E-state index is -1.08. The van der Waals surface area contributed by atoms with Crippen LogP contribution in [0.3, 0.4) is 0 Å². The smallest absolute Gasteiger partial charge is 0.307 e. The Morgan fingerprint density at radius 1 is 1.11 bits per heavy atom. The molecule has 1 unspecified atom stereocenters. The summed E-state index contributed by atoms with van der Waals surface area (Å²) in [5.41, 5.74) is 1.59. The molecule has 0 aliphatic heterocycles. The summed E-state index contributed by atoms with van der Waals surface area (Å²) in [6, 6.07) is 13.2. The number of amides is 1. The number of hydrogen-bond acceptors (Lipinski definition) is 4. The van der Waals surface area contributed by atoms with E-state index in [2.05, 4.69) is 5.32 Å². The number of ether oxygens (including phenoxy) is 2. The van der Waals surface area contributed by atoms with Gasteiger partial charge >= 0.3 is 5.97 Å². The predicted molar refractivity (Wildman–Crippen MR) is 102 cm³/mol. The van der Waals surface area contributed by atoms with E-state index in [1.807, 2.05) is 31.2 Å². The van der Waals surface area contributed by atoms with Gasteiger partial charge in [-0.3, -0.25) is 9.59 Å². The van der Waals surface area contributed by atoms with Crippen molar-refractivity contribution in [3.05, 3.63) is 65.5 Å². The van der Waals surface area contributed by atoms with Crippen LogP contribution in [0.15, 0.2) is 48.5 Å². The molecule has 6 heteroatoms. The highest BCUT2D eigenvalue weighted by molar-refractivity contribution is 5.85. The molecule has 5 nitrogen and oxygen atoms in total. The summed E-state index contributed by atoms with van der Waals surface area (Å²) < 4.78 is 24.2. The lowest BCUT2D eigenvalue weighted by atomic mass is 10.1. The Balaban J connectivity index is 1.50. The second kappa shape index (κ2) is 9.35. The Kier molecular flexibility index (Phi) is 6.63. The molecule has 1 atom stereocenters. The van der Waals surface area contributed by atoms with Crippen LogP contribution >= 0.6 is 0 Å². The van der Waals surface area contributed by atoms with Crippen LogP contribution in [0.2, 0.25) is 0 Å². The van der Waals surface area contributed by atoms with Crippen molar-refractivity contribution in [3.63, 3.8) is 0 Å². The number of benzene rings is 2. The van der Waals surface area contributed by atoms with Gasteiger partial charge in [-0.15, -0.1) is 0 Å². The Morgan fingerprint density at radius 2 is 1.79 bits per heavy atom. The Hall–Kier alpha value is -2.89. The van der Waals surface area contributed by atoms with Gasteiger partial charge in [0.05, 0.1) is 6.61 Å². The maximum absolute atomic E-state index is 13.2. The van der Waals surface area contributed by atoms with E-state index in [0.717, 1.165) is 24.2 Å². The van der Waals surface area contributed by atoms with Gasteiger partial charge in [0.25, 0.3) is 5.91 Å². The fourth-order valence-electron chi connectivity index (χ4n) is 2.65. The monoisotopic (exact) mass is 385 g/mol. The van der Waals surface area contributed by atoms with E-state index in [9.17, 15) is 14.0 Å². The average Bonchev–Trinajstić information content (AvgIpc) is 3.49. The summed E-state index contributed by atoms with van der Waals surface area (Å²) in [4.78, 5) is 24.7. The maximum Gasteiger partial charge on any atom is 0.307 e. The number of carbonyl (C=O) groups is 2. The third-order valence-corrected chi connectivity index (χ3v) is 4.40. The molecule has 0 heterocycles. The number of esters is 1. The Bertz CT molecular complexity index is 800. The summed E-state index contributed by atoms with van der Waals surface area (Å²) in [7, 11) is 0. The second-order valence-corrected chi connectivity index (χ2v) is 6.97. The summed E-state index contributed by atoms with van der Waals surface area (Å²) in [5.74, 6) is -0.539. The predicted octanol–water partition coefficient (Wildman–Crippen LogP) is 3.86. The Morgan fingerprint density at radius 3 is 2.43 bits per heavy atom. The largest absolute Gasteiger partial charge is 0.494 e. The third kappa shape index (κ3) is 6.08. The molecule has 1 amide bonds. The van der Waals surface area contributed by atoms with Crippen molar-refractivity contribution in [3.8, 4) is 5.75 Å². The second-order valence-electron chi connectivity index (χ2n) is 6.97. The van der Waals surface area contributed by atoms with Crippen molar-refractivity contribution in [2.75, 3.05) is 6.61 Å². The Labute approximate surface area is 163 Å². The van der Waals surface area contributed by atoms with E-state index in [1.165, 1.54) is 24.3 Å². The number of halogens is 1. The molecule has 1 fully saturated rings. The molecular weight excluding hydrogens is 361 g/mol. The molecule has 0 bridgehead atoms. The number of rotatable bonds is 9. The van der Waals surface area contributed by atoms with Crippen LogP contribution in [0.4, 0.5) is 4.39 Å². The van der Waals surface area contributed by atoms with Crippen LogP contribution in [0.1, 0.15) is 42.9 Å². The van der Waals surface area contributed by atoms with E-state index in [4.69, 9.17) is 9.47 Å². The van der Waals surface area contributed by atoms with Crippen LogP contribution < -0.4 is 10.1 Å². The molecule has 0 aromatic heterocycles. The van der Waals surface area contributed by atoms with Crippen molar-refractivity contribution in [1.82, 2.24) is 5.32 Å². The average molecular weight is 385 g/mol. The van der Waals surface area contributed by atoms with Crippen LogP contribution in [-0.2, 0) is 14.3 Å². The van der Waals surface area contributed by atoms with Gasteiger partial charge in [0.2, 0.25) is 6.10 Å². The molecule has 0 spiro atoms. The molecule has 2 aromatic rings. The fourth-order valence-corrected chi connectivity index (χ4v) is 2.65. The number of nitrogens with one attached hydrogen (secondary N) is 1. The zero-order valence-electron chi connectivity index (χ0n) is 15.8. The van der Waals surface area contributed by atoms with Gasteiger partial charge in [-0.25, -0.2) is 4.39 Å². The highest BCUT2D eigenvalue weighted by Crippen LogP contribution is 2.24. The van der Waals surface area contributed by atoms with Crippen LogP contribution in [0, 0.1) is 12.7 Å². The van der Waals surface area contributed by atoms with Gasteiger partial charge in [-0.1, -0.05) is 29.8 Å². The van der Waals surface area contributed by atoms with E-state index in [1.54, 1.807) is 0 Å². The summed E-state index contributed by atoms with van der Waals surface area (Å²) in [6.45, 7) is 2.37. The van der Waals surface area contributed by atoms with Gasteiger partial charge < -0.3 is 14.8 Å². The fraction of sp³-hybridized carbons (Fsp3) is 0.364. The zero-order valence-corrected chi connectivity index (χ0v) is 15.8. The molecule has 1 saturated carbocycles. The lowest BCUT2D eigenvalue weighted by Crippen LogP contribution is -2.33. The first-order chi connectivity index (χ1) is 13.5. The molecule has 148 valence electrons. The summed E-state index contributed by atoms with van der Waals surface area (Å²) in [6.07, 6.45) is 1.36.